The van der Waals surface area contributed by atoms with Gasteiger partial charge in [0.2, 0.25) is 0 Å². The third-order valence-corrected chi connectivity index (χ3v) is 2.69. The number of hydrogen-bond donors (Lipinski definition) is 2. The van der Waals surface area contributed by atoms with E-state index in [4.69, 9.17) is 0 Å². The van der Waals surface area contributed by atoms with E-state index in [1.54, 1.807) is 19.1 Å². The Balaban J connectivity index is 2.70. The molecule has 0 heterocycles. The highest BCUT2D eigenvalue weighted by Gasteiger charge is 2.09. The summed E-state index contributed by atoms with van der Waals surface area (Å²) in [5, 5.41) is 12.2. The molecule has 3 nitrogen and oxygen atoms in total. The van der Waals surface area contributed by atoms with E-state index in [2.05, 4.69) is 5.32 Å². The molecule has 1 aromatic rings. The summed E-state index contributed by atoms with van der Waals surface area (Å²) >= 11 is 0. The Hall–Kier alpha value is -1.13. The molecule has 0 saturated heterocycles. The fourth-order valence-electron chi connectivity index (χ4n) is 1.67. The molecule has 17 heavy (non-hydrogen) atoms. The minimum Gasteiger partial charge on any atom is -0.393 e. The Bertz CT molecular complexity index is 355. The van der Waals surface area contributed by atoms with Gasteiger partial charge in [-0.2, -0.15) is 0 Å². The van der Waals surface area contributed by atoms with Crippen LogP contribution in [-0.4, -0.2) is 31.9 Å². The van der Waals surface area contributed by atoms with Crippen molar-refractivity contribution in [2.24, 2.45) is 0 Å². The predicted octanol–water partition coefficient (Wildman–Crippen LogP) is 1.75. The van der Waals surface area contributed by atoms with Gasteiger partial charge in [0.15, 0.2) is 0 Å². The van der Waals surface area contributed by atoms with Crippen molar-refractivity contribution in [3.8, 4) is 0 Å². The first-order valence-electron chi connectivity index (χ1n) is 5.86. The molecular formula is C13H21FN2O. The summed E-state index contributed by atoms with van der Waals surface area (Å²) < 4.78 is 13.8. The van der Waals surface area contributed by atoms with Crippen LogP contribution in [0.25, 0.3) is 0 Å². The van der Waals surface area contributed by atoms with Gasteiger partial charge in [-0.3, -0.25) is 0 Å². The number of anilines is 1. The highest BCUT2D eigenvalue weighted by atomic mass is 19.1. The molecule has 1 atom stereocenters. The molecule has 0 amide bonds. The lowest BCUT2D eigenvalue weighted by molar-refractivity contribution is 0.187. The molecule has 1 unspecified atom stereocenters. The zero-order chi connectivity index (χ0) is 12.8. The quantitative estimate of drug-likeness (QED) is 0.795. The molecule has 0 radical (unpaired) electrons. The average molecular weight is 240 g/mol. The molecule has 96 valence electrons. The van der Waals surface area contributed by atoms with Crippen LogP contribution in [0.15, 0.2) is 18.2 Å². The topological polar surface area (TPSA) is 35.5 Å². The first-order valence-corrected chi connectivity index (χ1v) is 5.86. The van der Waals surface area contributed by atoms with E-state index in [-0.39, 0.29) is 11.9 Å². The van der Waals surface area contributed by atoms with E-state index < -0.39 is 0 Å². The van der Waals surface area contributed by atoms with Crippen molar-refractivity contribution in [2.75, 3.05) is 25.5 Å². The van der Waals surface area contributed by atoms with Gasteiger partial charge in [-0.15, -0.1) is 0 Å². The number of rotatable bonds is 6. The van der Waals surface area contributed by atoms with Crippen molar-refractivity contribution in [2.45, 2.75) is 26.0 Å². The van der Waals surface area contributed by atoms with Crippen LogP contribution >= 0.6 is 0 Å². The van der Waals surface area contributed by atoms with Gasteiger partial charge in [-0.05, 0) is 38.1 Å². The minimum absolute atomic E-state index is 0.217. The minimum atomic E-state index is -0.357. The maximum Gasteiger partial charge on any atom is 0.146 e. The maximum absolute atomic E-state index is 13.8. The van der Waals surface area contributed by atoms with E-state index in [0.29, 0.717) is 25.2 Å². The first kappa shape index (κ1) is 13.9. The first-order chi connectivity index (χ1) is 8.04. The van der Waals surface area contributed by atoms with Crippen LogP contribution in [0.2, 0.25) is 0 Å². The van der Waals surface area contributed by atoms with Crippen molar-refractivity contribution in [1.29, 1.82) is 0 Å². The standard InChI is InChI=1S/C13H21FN2O/c1-10(17)6-7-16(3)13-5-4-11(9-15-2)8-12(13)14/h4-5,8,10,15,17H,6-7,9H2,1-3H3. The highest BCUT2D eigenvalue weighted by Crippen LogP contribution is 2.19. The summed E-state index contributed by atoms with van der Waals surface area (Å²) in [7, 11) is 3.67. The van der Waals surface area contributed by atoms with Crippen LogP contribution in [0.5, 0.6) is 0 Å². The van der Waals surface area contributed by atoms with Crippen LogP contribution in [0.4, 0.5) is 10.1 Å². The van der Waals surface area contributed by atoms with Gasteiger partial charge in [0.1, 0.15) is 5.82 Å². The van der Waals surface area contributed by atoms with Crippen molar-refractivity contribution < 1.29 is 9.50 Å². The van der Waals surface area contributed by atoms with Crippen LogP contribution in [0, 0.1) is 5.82 Å². The zero-order valence-electron chi connectivity index (χ0n) is 10.7. The average Bonchev–Trinajstić information content (AvgIpc) is 2.26. The molecule has 0 aliphatic carbocycles. The number of halogens is 1. The van der Waals surface area contributed by atoms with Gasteiger partial charge in [-0.25, -0.2) is 4.39 Å². The molecule has 0 aliphatic heterocycles. The summed E-state index contributed by atoms with van der Waals surface area (Å²) in [5.74, 6) is -0.217. The second-order valence-electron chi connectivity index (χ2n) is 4.38. The molecule has 0 aromatic heterocycles. The van der Waals surface area contributed by atoms with Gasteiger partial charge in [0.25, 0.3) is 0 Å². The Morgan fingerprint density at radius 2 is 2.18 bits per heavy atom. The summed E-state index contributed by atoms with van der Waals surface area (Å²) in [4.78, 5) is 1.82. The Labute approximate surface area is 102 Å². The Kier molecular flexibility index (Phi) is 5.38. The fraction of sp³-hybridized carbons (Fsp3) is 0.538. The highest BCUT2D eigenvalue weighted by molar-refractivity contribution is 5.48. The van der Waals surface area contributed by atoms with Crippen LogP contribution in [0.3, 0.4) is 0 Å². The molecule has 0 spiro atoms. The van der Waals surface area contributed by atoms with Crippen molar-refractivity contribution in [3.05, 3.63) is 29.6 Å². The predicted molar refractivity (Wildman–Crippen MR) is 68.7 cm³/mol. The van der Waals surface area contributed by atoms with E-state index in [0.717, 1.165) is 5.56 Å². The molecule has 2 N–H and O–H groups in total. The van der Waals surface area contributed by atoms with Gasteiger partial charge < -0.3 is 15.3 Å². The van der Waals surface area contributed by atoms with E-state index in [1.165, 1.54) is 0 Å². The third kappa shape index (κ3) is 4.32. The van der Waals surface area contributed by atoms with Crippen LogP contribution < -0.4 is 10.2 Å². The number of aliphatic hydroxyl groups is 1. The normalized spacial score (nSPS) is 12.5. The van der Waals surface area contributed by atoms with Crippen molar-refractivity contribution >= 4 is 5.69 Å². The SMILES string of the molecule is CNCc1ccc(N(C)CCC(C)O)c(F)c1. The molecule has 0 saturated carbocycles. The molecule has 0 aliphatic rings. The summed E-state index contributed by atoms with van der Waals surface area (Å²) in [6.07, 6.45) is 0.276. The molecular weight excluding hydrogens is 219 g/mol. The van der Waals surface area contributed by atoms with Crippen molar-refractivity contribution in [3.63, 3.8) is 0 Å². The molecule has 0 fully saturated rings. The van der Waals surface area contributed by atoms with E-state index in [9.17, 15) is 9.50 Å². The Morgan fingerprint density at radius 1 is 1.47 bits per heavy atom. The van der Waals surface area contributed by atoms with Crippen LogP contribution in [0.1, 0.15) is 18.9 Å². The van der Waals surface area contributed by atoms with E-state index >= 15 is 0 Å². The van der Waals surface area contributed by atoms with Gasteiger partial charge in [0.05, 0.1) is 11.8 Å². The number of benzene rings is 1. The monoisotopic (exact) mass is 240 g/mol. The maximum atomic E-state index is 13.8. The zero-order valence-corrected chi connectivity index (χ0v) is 10.7. The summed E-state index contributed by atoms with van der Waals surface area (Å²) in [5.41, 5.74) is 1.50. The van der Waals surface area contributed by atoms with Crippen LogP contribution in [-0.2, 0) is 6.54 Å². The molecule has 0 bridgehead atoms. The number of aliphatic hydroxyl groups excluding tert-OH is 1. The van der Waals surface area contributed by atoms with Gasteiger partial charge in [0, 0.05) is 20.1 Å². The lowest BCUT2D eigenvalue weighted by Gasteiger charge is -2.21. The number of hydrogen-bond acceptors (Lipinski definition) is 3. The number of nitrogens with one attached hydrogen (secondary N) is 1. The molecule has 4 heteroatoms. The van der Waals surface area contributed by atoms with Crippen molar-refractivity contribution in [1.82, 2.24) is 5.32 Å². The fourth-order valence-corrected chi connectivity index (χ4v) is 1.67. The third-order valence-electron chi connectivity index (χ3n) is 2.69. The van der Waals surface area contributed by atoms with Gasteiger partial charge >= 0.3 is 0 Å². The lowest BCUT2D eigenvalue weighted by atomic mass is 10.1. The number of nitrogens with zero attached hydrogens (tertiary/aromatic N) is 1. The van der Waals surface area contributed by atoms with E-state index in [1.807, 2.05) is 25.1 Å². The lowest BCUT2D eigenvalue weighted by Crippen LogP contribution is -2.22. The smallest absolute Gasteiger partial charge is 0.146 e. The molecule has 1 aromatic carbocycles. The van der Waals surface area contributed by atoms with Gasteiger partial charge in [-0.1, -0.05) is 6.07 Å². The second-order valence-corrected chi connectivity index (χ2v) is 4.38. The molecule has 1 rings (SSSR count). The Morgan fingerprint density at radius 3 is 2.71 bits per heavy atom. The largest absolute Gasteiger partial charge is 0.393 e. The second kappa shape index (κ2) is 6.57. The summed E-state index contributed by atoms with van der Waals surface area (Å²) in [6.45, 7) is 3.04. The summed E-state index contributed by atoms with van der Waals surface area (Å²) in [6, 6.07) is 5.24.